The molecule has 3 N–H and O–H groups in total. The number of hydrogen-bond acceptors (Lipinski definition) is 6. The molecule has 134 valence electrons. The second-order valence-corrected chi connectivity index (χ2v) is 7.34. The van der Waals surface area contributed by atoms with Gasteiger partial charge in [-0.3, -0.25) is 24.3 Å². The van der Waals surface area contributed by atoms with Gasteiger partial charge in [0.1, 0.15) is 5.82 Å². The molecule has 0 bridgehead atoms. The molecule has 27 heavy (non-hydrogen) atoms. The molecule has 8 nitrogen and oxygen atoms in total. The number of benzene rings is 1. The summed E-state index contributed by atoms with van der Waals surface area (Å²) in [6.45, 7) is 0.924. The van der Waals surface area contributed by atoms with E-state index < -0.39 is 17.4 Å². The Bertz CT molecular complexity index is 1190. The molecule has 0 aliphatic carbocycles. The van der Waals surface area contributed by atoms with Gasteiger partial charge in [0.15, 0.2) is 5.16 Å². The van der Waals surface area contributed by atoms with Crippen molar-refractivity contribution in [2.24, 2.45) is 0 Å². The number of imide groups is 1. The van der Waals surface area contributed by atoms with Crippen LogP contribution in [0.1, 0.15) is 20.7 Å². The summed E-state index contributed by atoms with van der Waals surface area (Å²) in [6, 6.07) is 8.35. The molecule has 1 aromatic carbocycles. The van der Waals surface area contributed by atoms with Crippen molar-refractivity contribution in [3.05, 3.63) is 58.0 Å². The van der Waals surface area contributed by atoms with Gasteiger partial charge in [0.05, 0.1) is 22.5 Å². The molecule has 2 aromatic heterocycles. The molecular weight excluding hydrogens is 366 g/mol. The van der Waals surface area contributed by atoms with Crippen LogP contribution in [0.3, 0.4) is 0 Å². The third kappa shape index (κ3) is 2.32. The maximum Gasteiger partial charge on any atom is 0.262 e. The summed E-state index contributed by atoms with van der Waals surface area (Å²) >= 11 is 1.70. The number of nitrogens with one attached hydrogen (secondary N) is 1. The smallest absolute Gasteiger partial charge is 0.262 e. The van der Waals surface area contributed by atoms with Gasteiger partial charge in [0.25, 0.3) is 17.4 Å². The van der Waals surface area contributed by atoms with Crippen LogP contribution >= 0.6 is 11.8 Å². The standard InChI is InChI=1S/C18H13N5O3S/c19-15-14-11(16(25)21-17(14)26)7-13(24)23(15)10-3-1-2-9(6-10)12-8-22-4-5-27-18(22)20-12/h1-3,6-8H,4-5,19H2,(H,21,25,26). The number of aryl methyl sites for hydroxylation is 1. The molecule has 9 heteroatoms. The second-order valence-electron chi connectivity index (χ2n) is 6.28. The monoisotopic (exact) mass is 379 g/mol. The Kier molecular flexibility index (Phi) is 3.28. The van der Waals surface area contributed by atoms with Gasteiger partial charge in [0.2, 0.25) is 0 Å². The van der Waals surface area contributed by atoms with E-state index in [4.69, 9.17) is 5.73 Å². The van der Waals surface area contributed by atoms with Crippen molar-refractivity contribution in [1.82, 2.24) is 19.4 Å². The number of thioether (sulfide) groups is 1. The fourth-order valence-corrected chi connectivity index (χ4v) is 4.34. The Morgan fingerprint density at radius 3 is 2.81 bits per heavy atom. The molecule has 0 fully saturated rings. The van der Waals surface area contributed by atoms with Gasteiger partial charge in [-0.1, -0.05) is 23.9 Å². The van der Waals surface area contributed by atoms with E-state index in [-0.39, 0.29) is 16.9 Å². The lowest BCUT2D eigenvalue weighted by atomic mass is 10.1. The summed E-state index contributed by atoms with van der Waals surface area (Å²) < 4.78 is 3.33. The summed E-state index contributed by atoms with van der Waals surface area (Å²) in [6.07, 6.45) is 1.98. The SMILES string of the molecule is Nc1c2c(cc(=O)n1-c1cccc(-c3cn4c(n3)SCC4)c1)C(=O)NC2=O. The van der Waals surface area contributed by atoms with Gasteiger partial charge < -0.3 is 10.3 Å². The summed E-state index contributed by atoms with van der Waals surface area (Å²) in [4.78, 5) is 41.0. The van der Waals surface area contributed by atoms with Crippen LogP contribution in [0.15, 0.2) is 46.5 Å². The zero-order valence-electron chi connectivity index (χ0n) is 13.9. The minimum absolute atomic E-state index is 0.0115. The number of pyridine rings is 1. The number of carbonyl (C=O) groups excluding carboxylic acids is 2. The van der Waals surface area contributed by atoms with Crippen LogP contribution in [0.4, 0.5) is 5.82 Å². The van der Waals surface area contributed by atoms with Gasteiger partial charge in [-0.15, -0.1) is 0 Å². The molecule has 0 spiro atoms. The highest BCUT2D eigenvalue weighted by atomic mass is 32.2. The highest BCUT2D eigenvalue weighted by Gasteiger charge is 2.31. The Balaban J connectivity index is 1.66. The molecule has 5 rings (SSSR count). The van der Waals surface area contributed by atoms with Crippen molar-refractivity contribution in [2.45, 2.75) is 11.7 Å². The average Bonchev–Trinajstić information content (AvgIpc) is 3.29. The third-order valence-electron chi connectivity index (χ3n) is 4.66. The maximum atomic E-state index is 12.6. The van der Waals surface area contributed by atoms with Crippen molar-refractivity contribution in [2.75, 3.05) is 11.5 Å². The third-order valence-corrected chi connectivity index (χ3v) is 5.63. The zero-order chi connectivity index (χ0) is 18.7. The van der Waals surface area contributed by atoms with Crippen LogP contribution in [0, 0.1) is 0 Å². The molecule has 0 atom stereocenters. The number of carbonyl (C=O) groups is 2. The highest BCUT2D eigenvalue weighted by molar-refractivity contribution is 7.99. The number of nitrogen functional groups attached to an aromatic ring is 1. The molecule has 4 heterocycles. The number of imidazole rings is 1. The summed E-state index contributed by atoms with van der Waals surface area (Å²) in [7, 11) is 0. The number of anilines is 1. The topological polar surface area (TPSA) is 112 Å². The molecule has 0 radical (unpaired) electrons. The van der Waals surface area contributed by atoms with Gasteiger partial charge in [-0.25, -0.2) is 4.98 Å². The first-order valence-corrected chi connectivity index (χ1v) is 9.23. The van der Waals surface area contributed by atoms with E-state index in [2.05, 4.69) is 14.9 Å². The van der Waals surface area contributed by atoms with E-state index in [1.807, 2.05) is 12.3 Å². The van der Waals surface area contributed by atoms with Crippen LogP contribution < -0.4 is 16.6 Å². The van der Waals surface area contributed by atoms with E-state index in [1.165, 1.54) is 4.57 Å². The second kappa shape index (κ2) is 5.58. The van der Waals surface area contributed by atoms with E-state index in [0.29, 0.717) is 5.69 Å². The van der Waals surface area contributed by atoms with Crippen molar-refractivity contribution in [1.29, 1.82) is 0 Å². The van der Waals surface area contributed by atoms with Crippen LogP contribution in [-0.2, 0) is 6.54 Å². The molecule has 0 saturated heterocycles. The highest BCUT2D eigenvalue weighted by Crippen LogP contribution is 2.30. The van der Waals surface area contributed by atoms with E-state index >= 15 is 0 Å². The predicted molar refractivity (Wildman–Crippen MR) is 100 cm³/mol. The van der Waals surface area contributed by atoms with Crippen molar-refractivity contribution < 1.29 is 9.59 Å². The summed E-state index contributed by atoms with van der Waals surface area (Å²) in [5.74, 6) is -0.240. The van der Waals surface area contributed by atoms with Crippen molar-refractivity contribution in [3.8, 4) is 16.9 Å². The number of amides is 2. The maximum absolute atomic E-state index is 12.6. The molecule has 2 amide bonds. The number of nitrogens with zero attached hydrogens (tertiary/aromatic N) is 3. The molecule has 3 aromatic rings. The lowest BCUT2D eigenvalue weighted by molar-refractivity contribution is 0.0880. The fourth-order valence-electron chi connectivity index (χ4n) is 3.40. The molecule has 2 aliphatic rings. The van der Waals surface area contributed by atoms with E-state index in [0.717, 1.165) is 34.8 Å². The van der Waals surface area contributed by atoms with E-state index in [9.17, 15) is 14.4 Å². The quantitative estimate of drug-likeness (QED) is 0.649. The lowest BCUT2D eigenvalue weighted by Crippen LogP contribution is -2.24. The van der Waals surface area contributed by atoms with E-state index in [1.54, 1.807) is 30.0 Å². The van der Waals surface area contributed by atoms with Crippen LogP contribution in [-0.4, -0.2) is 31.7 Å². The van der Waals surface area contributed by atoms with Crippen LogP contribution in [0.2, 0.25) is 0 Å². The number of nitrogens with two attached hydrogens (primary N) is 1. The number of aromatic nitrogens is 3. The van der Waals surface area contributed by atoms with Crippen LogP contribution in [0.25, 0.3) is 16.9 Å². The Labute approximate surface area is 157 Å². The largest absolute Gasteiger partial charge is 0.384 e. The van der Waals surface area contributed by atoms with Gasteiger partial charge in [-0.2, -0.15) is 0 Å². The fraction of sp³-hybridized carbons (Fsp3) is 0.111. The zero-order valence-corrected chi connectivity index (χ0v) is 14.7. The number of hydrogen-bond donors (Lipinski definition) is 2. The minimum Gasteiger partial charge on any atom is -0.384 e. The summed E-state index contributed by atoms with van der Waals surface area (Å²) in [5.41, 5.74) is 7.81. The normalized spacial score (nSPS) is 15.0. The predicted octanol–water partition coefficient (Wildman–Crippen LogP) is 1.27. The minimum atomic E-state index is -0.607. The number of fused-ring (bicyclic) bond motifs is 2. The lowest BCUT2D eigenvalue weighted by Gasteiger charge is -2.12. The molecule has 0 unspecified atom stereocenters. The van der Waals surface area contributed by atoms with Gasteiger partial charge in [-0.05, 0) is 12.1 Å². The molecular formula is C18H13N5O3S. The Morgan fingerprint density at radius 1 is 1.15 bits per heavy atom. The molecule has 2 aliphatic heterocycles. The first-order valence-electron chi connectivity index (χ1n) is 8.25. The van der Waals surface area contributed by atoms with Gasteiger partial charge in [0, 0.05) is 30.1 Å². The molecule has 0 saturated carbocycles. The van der Waals surface area contributed by atoms with Gasteiger partial charge >= 0.3 is 0 Å². The summed E-state index contributed by atoms with van der Waals surface area (Å²) in [5, 5.41) is 3.13. The number of rotatable bonds is 2. The first-order chi connectivity index (χ1) is 13.0. The first kappa shape index (κ1) is 15.9. The Morgan fingerprint density at radius 2 is 2.00 bits per heavy atom. The van der Waals surface area contributed by atoms with Crippen molar-refractivity contribution in [3.63, 3.8) is 0 Å². The average molecular weight is 379 g/mol. The van der Waals surface area contributed by atoms with Crippen LogP contribution in [0.5, 0.6) is 0 Å². The Hall–Kier alpha value is -3.33. The van der Waals surface area contributed by atoms with Crippen molar-refractivity contribution >= 4 is 29.4 Å².